The molecule has 0 bridgehead atoms. The average Bonchev–Trinajstić information content (AvgIpc) is 2.31. The maximum Gasteiger partial charge on any atom is 0.307 e. The molecule has 1 heterocycles. The number of aryl methyl sites for hydroxylation is 1. The molecule has 5 heteroatoms. The van der Waals surface area contributed by atoms with E-state index in [4.69, 9.17) is 16.7 Å². The van der Waals surface area contributed by atoms with E-state index in [2.05, 4.69) is 9.97 Å². The van der Waals surface area contributed by atoms with E-state index in [0.29, 0.717) is 11.4 Å². The zero-order chi connectivity index (χ0) is 13.1. The fourth-order valence-corrected chi connectivity index (χ4v) is 1.79. The second-order valence-electron chi connectivity index (χ2n) is 3.95. The number of carbonyl (C=O) groups is 1. The maximum absolute atomic E-state index is 10.6. The van der Waals surface area contributed by atoms with Crippen molar-refractivity contribution < 1.29 is 9.90 Å². The molecule has 0 amide bonds. The lowest BCUT2D eigenvalue weighted by Gasteiger charge is -2.04. The largest absolute Gasteiger partial charge is 0.481 e. The molecule has 18 heavy (non-hydrogen) atoms. The Morgan fingerprint density at radius 1 is 1.44 bits per heavy atom. The number of halogens is 1. The lowest BCUT2D eigenvalue weighted by atomic mass is 10.1. The van der Waals surface area contributed by atoms with Gasteiger partial charge in [-0.1, -0.05) is 35.4 Å². The molecule has 1 aromatic heterocycles. The Morgan fingerprint density at radius 3 is 2.83 bits per heavy atom. The molecule has 0 saturated heterocycles. The van der Waals surface area contributed by atoms with Gasteiger partial charge in [-0.15, -0.1) is 0 Å². The quantitative estimate of drug-likeness (QED) is 0.864. The Kier molecular flexibility index (Phi) is 3.58. The van der Waals surface area contributed by atoms with E-state index in [0.717, 1.165) is 11.1 Å². The SMILES string of the molecule is Cc1cccc(-c2ncc(CC(=O)O)c(Cl)n2)c1. The summed E-state index contributed by atoms with van der Waals surface area (Å²) in [6, 6.07) is 7.72. The summed E-state index contributed by atoms with van der Waals surface area (Å²) in [6.45, 7) is 1.98. The van der Waals surface area contributed by atoms with Crippen molar-refractivity contribution in [3.63, 3.8) is 0 Å². The third-order valence-corrected chi connectivity index (χ3v) is 2.76. The zero-order valence-corrected chi connectivity index (χ0v) is 10.5. The second kappa shape index (κ2) is 5.14. The average molecular weight is 263 g/mol. The van der Waals surface area contributed by atoms with Crippen LogP contribution in [-0.2, 0) is 11.2 Å². The molecule has 0 spiro atoms. The lowest BCUT2D eigenvalue weighted by Crippen LogP contribution is -2.03. The number of aliphatic carboxylic acids is 1. The van der Waals surface area contributed by atoms with Gasteiger partial charge in [0.25, 0.3) is 0 Å². The van der Waals surface area contributed by atoms with Crippen molar-refractivity contribution in [2.45, 2.75) is 13.3 Å². The van der Waals surface area contributed by atoms with Crippen molar-refractivity contribution in [1.29, 1.82) is 0 Å². The first-order valence-electron chi connectivity index (χ1n) is 5.36. The van der Waals surface area contributed by atoms with Crippen LogP contribution in [0.25, 0.3) is 11.4 Å². The molecule has 2 rings (SSSR count). The van der Waals surface area contributed by atoms with Crippen LogP contribution in [0.3, 0.4) is 0 Å². The first kappa shape index (κ1) is 12.5. The number of nitrogens with zero attached hydrogens (tertiary/aromatic N) is 2. The van der Waals surface area contributed by atoms with Gasteiger partial charge in [0, 0.05) is 17.3 Å². The number of carboxylic acid groups (broad SMARTS) is 1. The number of aromatic nitrogens is 2. The standard InChI is InChI=1S/C13H11ClN2O2/c1-8-3-2-4-9(5-8)13-15-7-10(6-11(17)18)12(14)16-13/h2-5,7H,6H2,1H3,(H,17,18). The maximum atomic E-state index is 10.6. The van der Waals surface area contributed by atoms with Gasteiger partial charge < -0.3 is 5.11 Å². The van der Waals surface area contributed by atoms with Gasteiger partial charge in [-0.2, -0.15) is 0 Å². The zero-order valence-electron chi connectivity index (χ0n) is 9.72. The Morgan fingerprint density at radius 2 is 2.22 bits per heavy atom. The van der Waals surface area contributed by atoms with E-state index in [1.54, 1.807) is 0 Å². The van der Waals surface area contributed by atoms with Crippen molar-refractivity contribution in [1.82, 2.24) is 9.97 Å². The number of benzene rings is 1. The van der Waals surface area contributed by atoms with Gasteiger partial charge in [0.15, 0.2) is 5.82 Å². The molecule has 0 saturated carbocycles. The van der Waals surface area contributed by atoms with Crippen LogP contribution in [0.5, 0.6) is 0 Å². The molecular weight excluding hydrogens is 252 g/mol. The molecular formula is C13H11ClN2O2. The number of carboxylic acids is 1. The smallest absolute Gasteiger partial charge is 0.307 e. The van der Waals surface area contributed by atoms with Gasteiger partial charge in [0.05, 0.1) is 6.42 Å². The van der Waals surface area contributed by atoms with Crippen LogP contribution >= 0.6 is 11.6 Å². The van der Waals surface area contributed by atoms with Gasteiger partial charge in [0.1, 0.15) is 5.15 Å². The van der Waals surface area contributed by atoms with Gasteiger partial charge >= 0.3 is 5.97 Å². The van der Waals surface area contributed by atoms with Gasteiger partial charge in [-0.25, -0.2) is 9.97 Å². The van der Waals surface area contributed by atoms with Crippen LogP contribution in [0.1, 0.15) is 11.1 Å². The molecule has 1 aromatic carbocycles. The van der Waals surface area contributed by atoms with E-state index in [-0.39, 0.29) is 11.6 Å². The molecule has 0 unspecified atom stereocenters. The Labute approximate surface area is 109 Å². The van der Waals surface area contributed by atoms with E-state index in [9.17, 15) is 4.79 Å². The first-order chi connectivity index (χ1) is 8.56. The molecule has 1 N–H and O–H groups in total. The molecule has 2 aromatic rings. The van der Waals surface area contributed by atoms with Crippen LogP contribution in [0.2, 0.25) is 5.15 Å². The van der Waals surface area contributed by atoms with Crippen molar-refractivity contribution >= 4 is 17.6 Å². The molecule has 0 aliphatic rings. The number of rotatable bonds is 3. The summed E-state index contributed by atoms with van der Waals surface area (Å²) in [4.78, 5) is 18.9. The van der Waals surface area contributed by atoms with Gasteiger partial charge in [-0.05, 0) is 13.0 Å². The summed E-state index contributed by atoms with van der Waals surface area (Å²) in [6.07, 6.45) is 1.29. The van der Waals surface area contributed by atoms with Gasteiger partial charge in [-0.3, -0.25) is 4.79 Å². The van der Waals surface area contributed by atoms with Crippen LogP contribution in [-0.4, -0.2) is 21.0 Å². The van der Waals surface area contributed by atoms with Gasteiger partial charge in [0.2, 0.25) is 0 Å². The highest BCUT2D eigenvalue weighted by Gasteiger charge is 2.10. The second-order valence-corrected chi connectivity index (χ2v) is 4.31. The van der Waals surface area contributed by atoms with Crippen LogP contribution in [0.15, 0.2) is 30.5 Å². The number of hydrogen-bond acceptors (Lipinski definition) is 3. The minimum absolute atomic E-state index is 0.174. The van der Waals surface area contributed by atoms with Crippen LogP contribution < -0.4 is 0 Å². The minimum atomic E-state index is -0.955. The molecule has 0 aliphatic carbocycles. The molecule has 0 atom stereocenters. The predicted molar refractivity (Wildman–Crippen MR) is 68.6 cm³/mol. The molecule has 0 aliphatic heterocycles. The van der Waals surface area contributed by atoms with Crippen molar-refractivity contribution in [2.75, 3.05) is 0 Å². The highest BCUT2D eigenvalue weighted by atomic mass is 35.5. The topological polar surface area (TPSA) is 63.1 Å². The molecule has 4 nitrogen and oxygen atoms in total. The molecule has 0 fully saturated rings. The third-order valence-electron chi connectivity index (χ3n) is 2.43. The fourth-order valence-electron chi connectivity index (χ4n) is 1.59. The Bertz CT molecular complexity index is 599. The Balaban J connectivity index is 2.37. The van der Waals surface area contributed by atoms with Crippen molar-refractivity contribution in [2.24, 2.45) is 0 Å². The summed E-state index contributed by atoms with van der Waals surface area (Å²) in [5.74, 6) is -0.457. The highest BCUT2D eigenvalue weighted by molar-refractivity contribution is 6.30. The normalized spacial score (nSPS) is 10.3. The van der Waals surface area contributed by atoms with E-state index < -0.39 is 5.97 Å². The predicted octanol–water partition coefficient (Wildman–Crippen LogP) is 2.73. The van der Waals surface area contributed by atoms with Crippen molar-refractivity contribution in [3.05, 3.63) is 46.7 Å². The monoisotopic (exact) mass is 262 g/mol. The molecule has 0 radical (unpaired) electrons. The van der Waals surface area contributed by atoms with E-state index >= 15 is 0 Å². The van der Waals surface area contributed by atoms with Crippen LogP contribution in [0.4, 0.5) is 0 Å². The van der Waals surface area contributed by atoms with E-state index in [1.165, 1.54) is 6.20 Å². The Hall–Kier alpha value is -1.94. The highest BCUT2D eigenvalue weighted by Crippen LogP contribution is 2.20. The number of hydrogen-bond donors (Lipinski definition) is 1. The summed E-state index contributed by atoms with van der Waals surface area (Å²) in [7, 11) is 0. The third kappa shape index (κ3) is 2.84. The molecule has 92 valence electrons. The first-order valence-corrected chi connectivity index (χ1v) is 5.74. The summed E-state index contributed by atoms with van der Waals surface area (Å²) < 4.78 is 0. The summed E-state index contributed by atoms with van der Waals surface area (Å²) >= 11 is 5.95. The van der Waals surface area contributed by atoms with Crippen molar-refractivity contribution in [3.8, 4) is 11.4 Å². The lowest BCUT2D eigenvalue weighted by molar-refractivity contribution is -0.136. The summed E-state index contributed by atoms with van der Waals surface area (Å²) in [5.41, 5.74) is 2.38. The van der Waals surface area contributed by atoms with E-state index in [1.807, 2.05) is 31.2 Å². The minimum Gasteiger partial charge on any atom is -0.481 e. The van der Waals surface area contributed by atoms with Crippen LogP contribution in [0, 0.1) is 6.92 Å². The fraction of sp³-hybridized carbons (Fsp3) is 0.154. The summed E-state index contributed by atoms with van der Waals surface area (Å²) in [5, 5.41) is 8.88.